The third kappa shape index (κ3) is 2.50. The Morgan fingerprint density at radius 3 is 2.75 bits per heavy atom. The van der Waals surface area contributed by atoms with Crippen LogP contribution >= 0.6 is 0 Å². The maximum absolute atomic E-state index is 8.91. The summed E-state index contributed by atoms with van der Waals surface area (Å²) in [5.41, 5.74) is 0.982. The third-order valence-electron chi connectivity index (χ3n) is 3.09. The summed E-state index contributed by atoms with van der Waals surface area (Å²) < 4.78 is 0. The van der Waals surface area contributed by atoms with Gasteiger partial charge in [-0.25, -0.2) is 0 Å². The third-order valence-corrected chi connectivity index (χ3v) is 3.09. The fourth-order valence-corrected chi connectivity index (χ4v) is 2.22. The first-order valence-corrected chi connectivity index (χ1v) is 5.79. The van der Waals surface area contributed by atoms with Gasteiger partial charge in [0.1, 0.15) is 0 Å². The molecular formula is C12H19N3O. The molecule has 1 aliphatic rings. The molecule has 0 aromatic carbocycles. The maximum atomic E-state index is 8.91. The predicted octanol–water partition coefficient (Wildman–Crippen LogP) is 1.60. The van der Waals surface area contributed by atoms with Gasteiger partial charge in [-0.1, -0.05) is 13.8 Å². The van der Waals surface area contributed by atoms with Crippen molar-refractivity contribution < 1.29 is 5.11 Å². The summed E-state index contributed by atoms with van der Waals surface area (Å²) in [6.07, 6.45) is 2.47. The van der Waals surface area contributed by atoms with E-state index in [0.717, 1.165) is 18.9 Å². The number of aliphatic hydroxyl groups excluding tert-OH is 1. The second kappa shape index (κ2) is 4.37. The number of aromatic nitrogens is 2. The fourth-order valence-electron chi connectivity index (χ4n) is 2.22. The predicted molar refractivity (Wildman–Crippen MR) is 63.2 cm³/mol. The van der Waals surface area contributed by atoms with Crippen LogP contribution in [0.2, 0.25) is 0 Å². The van der Waals surface area contributed by atoms with Crippen molar-refractivity contribution in [2.24, 2.45) is 5.41 Å². The molecule has 1 aliphatic heterocycles. The average molecular weight is 221 g/mol. The molecule has 0 unspecified atom stereocenters. The summed E-state index contributed by atoms with van der Waals surface area (Å²) in [5, 5.41) is 17.0. The van der Waals surface area contributed by atoms with Gasteiger partial charge in [0.05, 0.1) is 12.3 Å². The van der Waals surface area contributed by atoms with Crippen LogP contribution in [-0.4, -0.2) is 28.4 Å². The highest BCUT2D eigenvalue weighted by molar-refractivity contribution is 5.38. The van der Waals surface area contributed by atoms with E-state index < -0.39 is 0 Å². The quantitative estimate of drug-likeness (QED) is 0.824. The van der Waals surface area contributed by atoms with Gasteiger partial charge in [-0.3, -0.25) is 0 Å². The van der Waals surface area contributed by atoms with Gasteiger partial charge in [0.15, 0.2) is 5.82 Å². The average Bonchev–Trinajstić information content (AvgIpc) is 2.28. The van der Waals surface area contributed by atoms with E-state index in [1.807, 2.05) is 12.1 Å². The van der Waals surface area contributed by atoms with Crippen LogP contribution in [0.5, 0.6) is 0 Å². The lowest BCUT2D eigenvalue weighted by molar-refractivity contribution is 0.274. The van der Waals surface area contributed by atoms with Gasteiger partial charge in [0, 0.05) is 13.1 Å². The molecule has 0 atom stereocenters. The summed E-state index contributed by atoms with van der Waals surface area (Å²) in [7, 11) is 0. The minimum absolute atomic E-state index is 0.0429. The minimum atomic E-state index is -0.0429. The van der Waals surface area contributed by atoms with Crippen LogP contribution in [-0.2, 0) is 6.61 Å². The summed E-state index contributed by atoms with van der Waals surface area (Å²) >= 11 is 0. The van der Waals surface area contributed by atoms with Crippen molar-refractivity contribution >= 4 is 5.82 Å². The number of rotatable bonds is 2. The van der Waals surface area contributed by atoms with Crippen molar-refractivity contribution in [3.63, 3.8) is 0 Å². The highest BCUT2D eigenvalue weighted by Crippen LogP contribution is 2.30. The zero-order valence-corrected chi connectivity index (χ0v) is 9.98. The lowest BCUT2D eigenvalue weighted by Gasteiger charge is -2.38. The Bertz CT molecular complexity index is 348. The van der Waals surface area contributed by atoms with Gasteiger partial charge >= 0.3 is 0 Å². The van der Waals surface area contributed by atoms with E-state index in [1.54, 1.807) is 0 Å². The molecule has 1 N–H and O–H groups in total. The first kappa shape index (κ1) is 11.3. The molecule has 0 amide bonds. The van der Waals surface area contributed by atoms with Crippen molar-refractivity contribution in [3.05, 3.63) is 17.8 Å². The van der Waals surface area contributed by atoms with E-state index in [2.05, 4.69) is 28.9 Å². The number of hydrogen-bond donors (Lipinski definition) is 1. The molecule has 0 spiro atoms. The summed E-state index contributed by atoms with van der Waals surface area (Å²) in [4.78, 5) is 2.28. The zero-order chi connectivity index (χ0) is 11.6. The molecule has 0 aliphatic carbocycles. The van der Waals surface area contributed by atoms with Gasteiger partial charge in [-0.05, 0) is 30.4 Å². The molecule has 1 fully saturated rings. The Balaban J connectivity index is 2.11. The van der Waals surface area contributed by atoms with E-state index in [-0.39, 0.29) is 6.61 Å². The SMILES string of the molecule is CC1(C)CCCN(c2ccc(CO)nn2)C1. The Hall–Kier alpha value is -1.16. The topological polar surface area (TPSA) is 49.2 Å². The molecule has 1 aromatic heterocycles. The van der Waals surface area contributed by atoms with Crippen LogP contribution in [0.4, 0.5) is 5.82 Å². The van der Waals surface area contributed by atoms with Crippen LogP contribution in [0.15, 0.2) is 12.1 Å². The number of anilines is 1. The van der Waals surface area contributed by atoms with Crippen molar-refractivity contribution in [1.29, 1.82) is 0 Å². The lowest BCUT2D eigenvalue weighted by Crippen LogP contribution is -2.40. The van der Waals surface area contributed by atoms with Crippen molar-refractivity contribution in [2.45, 2.75) is 33.3 Å². The second-order valence-corrected chi connectivity index (χ2v) is 5.23. The smallest absolute Gasteiger partial charge is 0.151 e. The monoisotopic (exact) mass is 221 g/mol. The van der Waals surface area contributed by atoms with Gasteiger partial charge in [0.2, 0.25) is 0 Å². The maximum Gasteiger partial charge on any atom is 0.151 e. The number of hydrogen-bond acceptors (Lipinski definition) is 4. The Kier molecular flexibility index (Phi) is 3.10. The van der Waals surface area contributed by atoms with Crippen LogP contribution < -0.4 is 4.90 Å². The first-order valence-electron chi connectivity index (χ1n) is 5.79. The molecule has 2 heterocycles. The highest BCUT2D eigenvalue weighted by atomic mass is 16.3. The van der Waals surface area contributed by atoms with Crippen LogP contribution in [0.1, 0.15) is 32.4 Å². The zero-order valence-electron chi connectivity index (χ0n) is 9.98. The first-order chi connectivity index (χ1) is 7.61. The summed E-state index contributed by atoms with van der Waals surface area (Å²) in [6.45, 7) is 6.61. The molecule has 1 aromatic rings. The van der Waals surface area contributed by atoms with E-state index in [1.165, 1.54) is 12.8 Å². The Labute approximate surface area is 96.3 Å². The van der Waals surface area contributed by atoms with Crippen LogP contribution in [0, 0.1) is 5.41 Å². The molecule has 0 radical (unpaired) electrons. The normalized spacial score (nSPS) is 19.8. The molecule has 88 valence electrons. The van der Waals surface area contributed by atoms with Crippen molar-refractivity contribution in [1.82, 2.24) is 10.2 Å². The van der Waals surface area contributed by atoms with E-state index >= 15 is 0 Å². The highest BCUT2D eigenvalue weighted by Gasteiger charge is 2.27. The Morgan fingerprint density at radius 1 is 1.38 bits per heavy atom. The van der Waals surface area contributed by atoms with Gasteiger partial charge in [-0.15, -0.1) is 5.10 Å². The summed E-state index contributed by atoms with van der Waals surface area (Å²) in [6, 6.07) is 3.78. The number of nitrogens with zero attached hydrogens (tertiary/aromatic N) is 3. The van der Waals surface area contributed by atoms with Crippen molar-refractivity contribution in [3.8, 4) is 0 Å². The number of aliphatic hydroxyl groups is 1. The van der Waals surface area contributed by atoms with Crippen LogP contribution in [0.3, 0.4) is 0 Å². The molecular weight excluding hydrogens is 202 g/mol. The lowest BCUT2D eigenvalue weighted by atomic mass is 9.84. The summed E-state index contributed by atoms with van der Waals surface area (Å²) in [5.74, 6) is 0.921. The minimum Gasteiger partial charge on any atom is -0.390 e. The largest absolute Gasteiger partial charge is 0.390 e. The second-order valence-electron chi connectivity index (χ2n) is 5.23. The van der Waals surface area contributed by atoms with Gasteiger partial charge in [0.25, 0.3) is 0 Å². The van der Waals surface area contributed by atoms with Crippen LogP contribution in [0.25, 0.3) is 0 Å². The molecule has 1 saturated heterocycles. The molecule has 4 heteroatoms. The Morgan fingerprint density at radius 2 is 2.19 bits per heavy atom. The molecule has 0 bridgehead atoms. The fraction of sp³-hybridized carbons (Fsp3) is 0.667. The van der Waals surface area contributed by atoms with Gasteiger partial charge in [-0.2, -0.15) is 5.10 Å². The molecule has 4 nitrogen and oxygen atoms in total. The number of piperidine rings is 1. The van der Waals surface area contributed by atoms with E-state index in [9.17, 15) is 0 Å². The molecule has 2 rings (SSSR count). The molecule has 16 heavy (non-hydrogen) atoms. The standard InChI is InChI=1S/C12H19N3O/c1-12(2)6-3-7-15(9-12)11-5-4-10(8-16)13-14-11/h4-5,16H,3,6-9H2,1-2H3. The van der Waals surface area contributed by atoms with E-state index in [0.29, 0.717) is 11.1 Å². The van der Waals surface area contributed by atoms with Gasteiger partial charge < -0.3 is 10.0 Å². The molecule has 0 saturated carbocycles. The van der Waals surface area contributed by atoms with Crippen molar-refractivity contribution in [2.75, 3.05) is 18.0 Å². The van der Waals surface area contributed by atoms with E-state index in [4.69, 9.17) is 5.11 Å².